The Labute approximate surface area is 166 Å². The Hall–Kier alpha value is -3.07. The second-order valence-corrected chi connectivity index (χ2v) is 6.64. The van der Waals surface area contributed by atoms with E-state index in [4.69, 9.17) is 18.9 Å². The molecule has 0 atom stereocenters. The summed E-state index contributed by atoms with van der Waals surface area (Å²) in [5.74, 6) is 2.15. The SMILES string of the molecule is COc1ccc2nc(SCC(=O)Nc3cc(OC)c(OC)c(OC)c3)[nH]c2c1. The summed E-state index contributed by atoms with van der Waals surface area (Å²) in [4.78, 5) is 20.0. The third-order valence-electron chi connectivity index (χ3n) is 3.96. The van der Waals surface area contributed by atoms with Gasteiger partial charge in [0.2, 0.25) is 11.7 Å². The zero-order valence-electron chi connectivity index (χ0n) is 16.0. The van der Waals surface area contributed by atoms with E-state index in [1.54, 1.807) is 19.2 Å². The molecule has 0 radical (unpaired) electrons. The van der Waals surface area contributed by atoms with Crippen molar-refractivity contribution in [3.05, 3.63) is 30.3 Å². The molecule has 0 saturated heterocycles. The predicted octanol–water partition coefficient (Wildman–Crippen LogP) is 3.33. The molecule has 0 spiro atoms. The van der Waals surface area contributed by atoms with Crippen LogP contribution in [0, 0.1) is 0 Å². The molecule has 2 N–H and O–H groups in total. The average Bonchev–Trinajstić information content (AvgIpc) is 3.13. The first kappa shape index (κ1) is 19.7. The molecule has 0 fully saturated rings. The largest absolute Gasteiger partial charge is 0.497 e. The molecule has 3 rings (SSSR count). The fourth-order valence-electron chi connectivity index (χ4n) is 2.64. The van der Waals surface area contributed by atoms with E-state index < -0.39 is 0 Å². The first-order chi connectivity index (χ1) is 13.6. The molecule has 8 nitrogen and oxygen atoms in total. The summed E-state index contributed by atoms with van der Waals surface area (Å²) in [6, 6.07) is 8.93. The number of carbonyl (C=O) groups is 1. The van der Waals surface area contributed by atoms with Gasteiger partial charge in [-0.25, -0.2) is 4.98 Å². The van der Waals surface area contributed by atoms with E-state index >= 15 is 0 Å². The Morgan fingerprint density at radius 2 is 1.75 bits per heavy atom. The van der Waals surface area contributed by atoms with Crippen molar-refractivity contribution in [2.75, 3.05) is 39.5 Å². The molecular weight excluding hydrogens is 382 g/mol. The van der Waals surface area contributed by atoms with Crippen LogP contribution in [0.1, 0.15) is 0 Å². The number of benzene rings is 2. The third kappa shape index (κ3) is 4.25. The number of hydrogen-bond donors (Lipinski definition) is 2. The van der Waals surface area contributed by atoms with Gasteiger partial charge in [-0.15, -0.1) is 0 Å². The summed E-state index contributed by atoms with van der Waals surface area (Å²) in [5.41, 5.74) is 2.22. The number of methoxy groups -OCH3 is 4. The van der Waals surface area contributed by atoms with Crippen molar-refractivity contribution in [2.24, 2.45) is 0 Å². The number of aromatic amines is 1. The van der Waals surface area contributed by atoms with E-state index in [0.29, 0.717) is 28.1 Å². The van der Waals surface area contributed by atoms with Crippen LogP contribution in [0.3, 0.4) is 0 Å². The summed E-state index contributed by atoms with van der Waals surface area (Å²) in [6.07, 6.45) is 0. The van der Waals surface area contributed by atoms with Gasteiger partial charge in [0.25, 0.3) is 0 Å². The fourth-order valence-corrected chi connectivity index (χ4v) is 3.33. The molecule has 1 amide bonds. The van der Waals surface area contributed by atoms with Gasteiger partial charge in [-0.2, -0.15) is 0 Å². The van der Waals surface area contributed by atoms with Crippen LogP contribution in [0.15, 0.2) is 35.5 Å². The molecule has 0 unspecified atom stereocenters. The van der Waals surface area contributed by atoms with E-state index in [0.717, 1.165) is 16.8 Å². The molecule has 9 heteroatoms. The van der Waals surface area contributed by atoms with Crippen molar-refractivity contribution in [1.29, 1.82) is 0 Å². The number of nitrogens with one attached hydrogen (secondary N) is 2. The number of nitrogens with zero attached hydrogens (tertiary/aromatic N) is 1. The maximum absolute atomic E-state index is 12.3. The van der Waals surface area contributed by atoms with Crippen LogP contribution in [0.4, 0.5) is 5.69 Å². The molecule has 0 bridgehead atoms. The minimum Gasteiger partial charge on any atom is -0.497 e. The van der Waals surface area contributed by atoms with E-state index in [2.05, 4.69) is 15.3 Å². The Kier molecular flexibility index (Phi) is 6.15. The summed E-state index contributed by atoms with van der Waals surface area (Å²) < 4.78 is 21.1. The van der Waals surface area contributed by atoms with Gasteiger partial charge in [-0.1, -0.05) is 11.8 Å². The lowest BCUT2D eigenvalue weighted by Gasteiger charge is -2.14. The summed E-state index contributed by atoms with van der Waals surface area (Å²) >= 11 is 1.31. The van der Waals surface area contributed by atoms with Gasteiger partial charge in [0.05, 0.1) is 45.2 Å². The van der Waals surface area contributed by atoms with Crippen molar-refractivity contribution < 1.29 is 23.7 Å². The lowest BCUT2D eigenvalue weighted by molar-refractivity contribution is -0.113. The molecule has 28 heavy (non-hydrogen) atoms. The highest BCUT2D eigenvalue weighted by Crippen LogP contribution is 2.40. The third-order valence-corrected chi connectivity index (χ3v) is 4.83. The molecule has 2 aromatic carbocycles. The smallest absolute Gasteiger partial charge is 0.234 e. The van der Waals surface area contributed by atoms with Gasteiger partial charge in [0, 0.05) is 23.9 Å². The number of carbonyl (C=O) groups excluding carboxylic acids is 1. The fraction of sp³-hybridized carbons (Fsp3) is 0.263. The summed E-state index contributed by atoms with van der Waals surface area (Å²) in [6.45, 7) is 0. The summed E-state index contributed by atoms with van der Waals surface area (Å²) in [5, 5.41) is 3.48. The Bertz CT molecular complexity index is 964. The average molecular weight is 403 g/mol. The molecule has 1 heterocycles. The number of fused-ring (bicyclic) bond motifs is 1. The first-order valence-corrected chi connectivity index (χ1v) is 9.33. The Morgan fingerprint density at radius 3 is 2.36 bits per heavy atom. The van der Waals surface area contributed by atoms with Gasteiger partial charge >= 0.3 is 0 Å². The molecule has 148 valence electrons. The first-order valence-electron chi connectivity index (χ1n) is 8.34. The molecule has 3 aromatic rings. The van der Waals surface area contributed by atoms with E-state index in [1.165, 1.54) is 33.1 Å². The van der Waals surface area contributed by atoms with Crippen molar-refractivity contribution in [1.82, 2.24) is 9.97 Å². The van der Waals surface area contributed by atoms with Crippen LogP contribution in [0.25, 0.3) is 11.0 Å². The van der Waals surface area contributed by atoms with Crippen LogP contribution in [-0.2, 0) is 4.79 Å². The highest BCUT2D eigenvalue weighted by molar-refractivity contribution is 7.99. The normalized spacial score (nSPS) is 10.6. The minimum absolute atomic E-state index is 0.183. The Balaban J connectivity index is 1.67. The highest BCUT2D eigenvalue weighted by Gasteiger charge is 2.15. The van der Waals surface area contributed by atoms with E-state index in [-0.39, 0.29) is 11.7 Å². The van der Waals surface area contributed by atoms with Crippen LogP contribution in [0.5, 0.6) is 23.0 Å². The van der Waals surface area contributed by atoms with Crippen molar-refractivity contribution in [3.8, 4) is 23.0 Å². The van der Waals surface area contributed by atoms with Gasteiger partial charge in [0.1, 0.15) is 5.75 Å². The molecule has 0 aliphatic rings. The molecular formula is C19H21N3O5S. The van der Waals surface area contributed by atoms with Gasteiger partial charge < -0.3 is 29.2 Å². The zero-order chi connectivity index (χ0) is 20.1. The molecule has 0 aliphatic heterocycles. The number of H-pyrrole nitrogens is 1. The number of hydrogen-bond acceptors (Lipinski definition) is 7. The van der Waals surface area contributed by atoms with Crippen molar-refractivity contribution in [2.45, 2.75) is 5.16 Å². The lowest BCUT2D eigenvalue weighted by Crippen LogP contribution is -2.14. The highest BCUT2D eigenvalue weighted by atomic mass is 32.2. The van der Waals surface area contributed by atoms with Crippen molar-refractivity contribution in [3.63, 3.8) is 0 Å². The monoisotopic (exact) mass is 403 g/mol. The predicted molar refractivity (Wildman–Crippen MR) is 108 cm³/mol. The lowest BCUT2D eigenvalue weighted by atomic mass is 10.2. The maximum Gasteiger partial charge on any atom is 0.234 e. The van der Waals surface area contributed by atoms with E-state index in [9.17, 15) is 4.79 Å². The number of amides is 1. The number of thioether (sulfide) groups is 1. The van der Waals surface area contributed by atoms with E-state index in [1.807, 2.05) is 18.2 Å². The minimum atomic E-state index is -0.183. The van der Waals surface area contributed by atoms with Crippen molar-refractivity contribution >= 4 is 34.4 Å². The van der Waals surface area contributed by atoms with Crippen LogP contribution in [0.2, 0.25) is 0 Å². The van der Waals surface area contributed by atoms with Gasteiger partial charge in [0.15, 0.2) is 16.7 Å². The quantitative estimate of drug-likeness (QED) is 0.557. The number of ether oxygens (including phenoxy) is 4. The maximum atomic E-state index is 12.3. The van der Waals surface area contributed by atoms with Gasteiger partial charge in [-0.3, -0.25) is 4.79 Å². The molecule has 0 saturated carbocycles. The van der Waals surface area contributed by atoms with Crippen LogP contribution in [-0.4, -0.2) is 50.1 Å². The molecule has 1 aromatic heterocycles. The van der Waals surface area contributed by atoms with Crippen LogP contribution >= 0.6 is 11.8 Å². The standard InChI is InChI=1S/C19H21N3O5S/c1-24-12-5-6-13-14(9-12)22-19(21-13)28-10-17(23)20-11-7-15(25-2)18(27-4)16(8-11)26-3/h5-9H,10H2,1-4H3,(H,20,23)(H,21,22). The number of rotatable bonds is 8. The molecule has 0 aliphatic carbocycles. The number of anilines is 1. The number of aromatic nitrogens is 2. The zero-order valence-corrected chi connectivity index (χ0v) is 16.8. The Morgan fingerprint density at radius 1 is 1.04 bits per heavy atom. The summed E-state index contributed by atoms with van der Waals surface area (Å²) in [7, 11) is 6.18. The van der Waals surface area contributed by atoms with Gasteiger partial charge in [-0.05, 0) is 12.1 Å². The number of imidazole rings is 1. The van der Waals surface area contributed by atoms with Crippen LogP contribution < -0.4 is 24.3 Å². The second-order valence-electron chi connectivity index (χ2n) is 5.68. The second kappa shape index (κ2) is 8.75. The topological polar surface area (TPSA) is 94.7 Å².